The van der Waals surface area contributed by atoms with Gasteiger partial charge in [0.1, 0.15) is 17.8 Å². The number of nitrogen functional groups attached to an aromatic ring is 1. The summed E-state index contributed by atoms with van der Waals surface area (Å²) in [5.41, 5.74) is 24.0. The van der Waals surface area contributed by atoms with Gasteiger partial charge in [-0.25, -0.2) is 0 Å². The second kappa shape index (κ2) is 18.1. The Kier molecular flexibility index (Phi) is 13.3. The Morgan fingerprint density at radius 3 is 2.37 bits per heavy atom. The largest absolute Gasteiger partial charge is 0.494 e. The number of primary amides is 1. The first-order chi connectivity index (χ1) is 27.0. The van der Waals surface area contributed by atoms with E-state index in [1.807, 2.05) is 36.4 Å². The number of anilines is 2. The monoisotopic (exact) mass is 776 g/mol. The highest BCUT2D eigenvalue weighted by Crippen LogP contribution is 2.34. The summed E-state index contributed by atoms with van der Waals surface area (Å²) in [5.74, 6) is -2.05. The number of carbonyl (C=O) groups is 5. The topological polar surface area (TPSA) is 234 Å². The molecule has 5 amide bonds. The number of rotatable bonds is 11. The number of nitrogens with one attached hydrogen (secondary N) is 4. The number of fused-ring (bicyclic) bond motifs is 5. The van der Waals surface area contributed by atoms with Crippen LogP contribution in [0.2, 0.25) is 0 Å². The van der Waals surface area contributed by atoms with Gasteiger partial charge in [0.2, 0.25) is 23.6 Å². The molecule has 4 bridgehead atoms. The highest BCUT2D eigenvalue weighted by Gasteiger charge is 2.27. The van der Waals surface area contributed by atoms with E-state index in [0.29, 0.717) is 51.5 Å². The molecule has 2 heterocycles. The fourth-order valence-corrected chi connectivity index (χ4v) is 6.57. The van der Waals surface area contributed by atoms with Gasteiger partial charge >= 0.3 is 0 Å². The number of hydrogen-bond acceptors (Lipinski definition) is 9. The third-order valence-electron chi connectivity index (χ3n) is 9.62. The maximum Gasteiger partial charge on any atom is 0.255 e. The Bertz CT molecular complexity index is 2140. The van der Waals surface area contributed by atoms with Crippen LogP contribution in [0.15, 0.2) is 66.7 Å². The van der Waals surface area contributed by atoms with E-state index in [9.17, 15) is 24.0 Å². The molecule has 1 unspecified atom stereocenters. The average Bonchev–Trinajstić information content (AvgIpc) is 3.13. The van der Waals surface area contributed by atoms with Crippen molar-refractivity contribution in [3.8, 4) is 28.1 Å². The van der Waals surface area contributed by atoms with E-state index in [4.69, 9.17) is 21.9 Å². The predicted molar refractivity (Wildman–Crippen MR) is 220 cm³/mol. The normalized spacial score (nSPS) is 15.0. The van der Waals surface area contributed by atoms with Gasteiger partial charge in [-0.05, 0) is 97.3 Å². The minimum Gasteiger partial charge on any atom is -0.494 e. The summed E-state index contributed by atoms with van der Waals surface area (Å²) in [4.78, 5) is 70.1. The van der Waals surface area contributed by atoms with Crippen molar-refractivity contribution in [2.45, 2.75) is 72.4 Å². The second-order valence-corrected chi connectivity index (χ2v) is 15.5. The van der Waals surface area contributed by atoms with Gasteiger partial charge in [0, 0.05) is 23.2 Å². The zero-order valence-corrected chi connectivity index (χ0v) is 33.1. The number of nitrogens with zero attached hydrogens (tertiary/aromatic N) is 1. The van der Waals surface area contributed by atoms with Crippen LogP contribution < -0.4 is 43.2 Å². The van der Waals surface area contributed by atoms with Crippen molar-refractivity contribution < 1.29 is 28.7 Å². The minimum atomic E-state index is -1.05. The number of nitrogens with two attached hydrogens (primary N) is 3. The van der Waals surface area contributed by atoms with Crippen molar-refractivity contribution in [2.24, 2.45) is 16.9 Å². The number of pyridine rings is 1. The third kappa shape index (κ3) is 11.2. The summed E-state index contributed by atoms with van der Waals surface area (Å²) in [6.07, 6.45) is 1.08. The van der Waals surface area contributed by atoms with Gasteiger partial charge in [-0.15, -0.1) is 0 Å². The standard InChI is InChI=1S/C43H52N8O6/c1-24-17-27-19-31(29-8-6-7-26(18-29)21-36(52)47-23-37(53)49-35(20-27)40(46)54)39(24)51-41(55)33(13-15-44)50-42(56)38-25(2)48-34(22-32(38)45)28-9-11-30(12-10-28)57-16-14-43(3,4)5/h6-12,17-19,22,33,35H,13-16,20-21,23,44H2,1-5H3,(H2,45,48)(H2,46,54)(H,47,52)(H,49,53)(H,50,56)(H,51,55)/t33-,35?/m0/s1. The van der Waals surface area contributed by atoms with Crippen LogP contribution in [0, 0.1) is 19.3 Å². The Balaban J connectivity index is 1.39. The van der Waals surface area contributed by atoms with Crippen LogP contribution in [0.5, 0.6) is 5.75 Å². The Hall–Kier alpha value is -6.28. The maximum absolute atomic E-state index is 14.0. The third-order valence-corrected chi connectivity index (χ3v) is 9.62. The summed E-state index contributed by atoms with van der Waals surface area (Å²) in [7, 11) is 0. The van der Waals surface area contributed by atoms with Crippen LogP contribution in [0.4, 0.5) is 11.4 Å². The zero-order chi connectivity index (χ0) is 41.4. The van der Waals surface area contributed by atoms with Gasteiger partial charge in [0.05, 0.1) is 42.2 Å². The molecule has 0 fully saturated rings. The molecule has 5 rings (SSSR count). The maximum atomic E-state index is 14.0. The van der Waals surface area contributed by atoms with Gasteiger partial charge in [0.25, 0.3) is 5.91 Å². The molecule has 300 valence electrons. The molecule has 4 aromatic rings. The minimum absolute atomic E-state index is 0.0111. The van der Waals surface area contributed by atoms with Crippen LogP contribution in [0.1, 0.15) is 66.4 Å². The van der Waals surface area contributed by atoms with E-state index in [0.717, 1.165) is 17.7 Å². The lowest BCUT2D eigenvalue weighted by Crippen LogP contribution is -2.49. The van der Waals surface area contributed by atoms with Crippen molar-refractivity contribution >= 4 is 40.9 Å². The summed E-state index contributed by atoms with van der Waals surface area (Å²) >= 11 is 0. The molecule has 14 heteroatoms. The molecule has 1 aromatic heterocycles. The van der Waals surface area contributed by atoms with Crippen molar-refractivity contribution in [2.75, 3.05) is 30.7 Å². The molecule has 1 aliphatic rings. The van der Waals surface area contributed by atoms with Crippen LogP contribution in [0.25, 0.3) is 22.4 Å². The molecule has 0 radical (unpaired) electrons. The zero-order valence-electron chi connectivity index (χ0n) is 33.1. The van der Waals surface area contributed by atoms with E-state index >= 15 is 0 Å². The number of hydrogen-bond donors (Lipinski definition) is 7. The number of ether oxygens (including phenoxy) is 1. The molecule has 1 aliphatic heterocycles. The molecular weight excluding hydrogens is 725 g/mol. The van der Waals surface area contributed by atoms with E-state index in [2.05, 4.69) is 47.0 Å². The highest BCUT2D eigenvalue weighted by molar-refractivity contribution is 6.06. The van der Waals surface area contributed by atoms with Crippen LogP contribution in [-0.4, -0.2) is 66.3 Å². The number of benzene rings is 3. The molecule has 0 saturated heterocycles. The fourth-order valence-electron chi connectivity index (χ4n) is 6.57. The molecule has 0 aliphatic carbocycles. The second-order valence-electron chi connectivity index (χ2n) is 15.5. The lowest BCUT2D eigenvalue weighted by Gasteiger charge is -2.23. The first kappa shape index (κ1) is 41.9. The number of aromatic nitrogens is 1. The number of aryl methyl sites for hydroxylation is 2. The molecule has 14 nitrogen and oxygen atoms in total. The number of amides is 5. The molecule has 57 heavy (non-hydrogen) atoms. The lowest BCUT2D eigenvalue weighted by molar-refractivity contribution is -0.128. The lowest BCUT2D eigenvalue weighted by atomic mass is 9.93. The van der Waals surface area contributed by atoms with Crippen LogP contribution in [-0.2, 0) is 32.0 Å². The van der Waals surface area contributed by atoms with Gasteiger partial charge < -0.3 is 43.2 Å². The quantitative estimate of drug-likeness (QED) is 0.118. The van der Waals surface area contributed by atoms with Crippen LogP contribution in [0.3, 0.4) is 0 Å². The van der Waals surface area contributed by atoms with Crippen LogP contribution >= 0.6 is 0 Å². The van der Waals surface area contributed by atoms with Gasteiger partial charge in [-0.2, -0.15) is 0 Å². The van der Waals surface area contributed by atoms with Gasteiger partial charge in [0.15, 0.2) is 0 Å². The van der Waals surface area contributed by atoms with Crippen molar-refractivity contribution in [1.82, 2.24) is 20.9 Å². The first-order valence-corrected chi connectivity index (χ1v) is 18.9. The van der Waals surface area contributed by atoms with E-state index in [1.165, 1.54) is 0 Å². The van der Waals surface area contributed by atoms with E-state index < -0.39 is 35.7 Å². The highest BCUT2D eigenvalue weighted by atomic mass is 16.5. The Labute approximate surface area is 332 Å². The molecule has 0 spiro atoms. The van der Waals surface area contributed by atoms with Crippen molar-refractivity contribution in [1.29, 1.82) is 0 Å². The average molecular weight is 777 g/mol. The van der Waals surface area contributed by atoms with Gasteiger partial charge in [-0.1, -0.05) is 51.1 Å². The SMILES string of the molecule is Cc1cc2cc(c1NC(=O)[C@H](CCN)NC(=O)c1c(N)cc(-c3ccc(OCCC(C)(C)C)cc3)nc1C)-c1cccc(c1)CC(=O)NCC(=O)NC(C(N)=O)C2. The number of carbonyl (C=O) groups excluding carboxylic acids is 5. The predicted octanol–water partition coefficient (Wildman–Crippen LogP) is 3.70. The Morgan fingerprint density at radius 1 is 0.965 bits per heavy atom. The fraction of sp³-hybridized carbons (Fsp3) is 0.349. The Morgan fingerprint density at radius 2 is 1.70 bits per heavy atom. The van der Waals surface area contributed by atoms with Crippen molar-refractivity contribution in [3.63, 3.8) is 0 Å². The summed E-state index contributed by atoms with van der Waals surface area (Å²) in [6.45, 7) is 10.3. The van der Waals surface area contributed by atoms with E-state index in [1.54, 1.807) is 44.2 Å². The van der Waals surface area contributed by atoms with E-state index in [-0.39, 0.29) is 54.9 Å². The smallest absolute Gasteiger partial charge is 0.255 e. The van der Waals surface area contributed by atoms with Crippen molar-refractivity contribution in [3.05, 3.63) is 94.7 Å². The summed E-state index contributed by atoms with van der Waals surface area (Å²) < 4.78 is 5.90. The molecule has 10 N–H and O–H groups in total. The summed E-state index contributed by atoms with van der Waals surface area (Å²) in [5, 5.41) is 11.0. The molecular formula is C43H52N8O6. The molecule has 2 atom stereocenters. The molecule has 3 aromatic carbocycles. The molecule has 0 saturated carbocycles. The first-order valence-electron chi connectivity index (χ1n) is 18.9. The van der Waals surface area contributed by atoms with Gasteiger partial charge in [-0.3, -0.25) is 29.0 Å². The summed E-state index contributed by atoms with van der Waals surface area (Å²) in [6, 6.07) is 17.9.